The van der Waals surface area contributed by atoms with E-state index in [1.165, 1.54) is 6.42 Å². The van der Waals surface area contributed by atoms with Crippen LogP contribution in [0.25, 0.3) is 0 Å². The molecule has 0 saturated carbocycles. The van der Waals surface area contributed by atoms with Crippen LogP contribution in [0.5, 0.6) is 0 Å². The molecule has 1 aromatic heterocycles. The molecule has 1 aliphatic rings. The van der Waals surface area contributed by atoms with Crippen LogP contribution in [0.15, 0.2) is 16.5 Å². The molecule has 1 atom stereocenters. The highest BCUT2D eigenvalue weighted by molar-refractivity contribution is 5.11. The third kappa shape index (κ3) is 0.847. The second-order valence-corrected chi connectivity index (χ2v) is 2.74. The highest BCUT2D eigenvalue weighted by Crippen LogP contribution is 2.23. The fraction of sp³-hybridized carbons (Fsp3) is 0.500. The van der Waals surface area contributed by atoms with Crippen LogP contribution in [0.3, 0.4) is 0 Å². The van der Waals surface area contributed by atoms with E-state index in [1.807, 2.05) is 19.1 Å². The maximum atomic E-state index is 5.42. The van der Waals surface area contributed by atoms with Crippen molar-refractivity contribution in [1.82, 2.24) is 5.32 Å². The summed E-state index contributed by atoms with van der Waals surface area (Å²) in [5, 5.41) is 3.28. The first-order chi connectivity index (χ1) is 4.86. The van der Waals surface area contributed by atoms with Crippen LogP contribution in [0.2, 0.25) is 0 Å². The van der Waals surface area contributed by atoms with Crippen LogP contribution >= 0.6 is 0 Å². The molecular formula is C8H11NO. The van der Waals surface area contributed by atoms with E-state index in [4.69, 9.17) is 4.42 Å². The highest BCUT2D eigenvalue weighted by Gasteiger charge is 2.20. The lowest BCUT2D eigenvalue weighted by Gasteiger charge is -2.25. The molecule has 2 heterocycles. The Labute approximate surface area is 60.2 Å². The molecule has 0 aliphatic carbocycles. The quantitative estimate of drug-likeness (QED) is 0.636. The first-order valence-electron chi connectivity index (χ1n) is 3.66. The molecule has 1 aromatic rings. The van der Waals surface area contributed by atoms with Gasteiger partial charge in [-0.1, -0.05) is 0 Å². The molecule has 2 nitrogen and oxygen atoms in total. The average molecular weight is 137 g/mol. The molecule has 0 spiro atoms. The van der Waals surface area contributed by atoms with Gasteiger partial charge in [0, 0.05) is 0 Å². The summed E-state index contributed by atoms with van der Waals surface area (Å²) in [6.07, 6.45) is 1.22. The normalized spacial score (nSPS) is 24.3. The van der Waals surface area contributed by atoms with Gasteiger partial charge in [-0.2, -0.15) is 0 Å². The van der Waals surface area contributed by atoms with Crippen molar-refractivity contribution in [3.8, 4) is 0 Å². The Morgan fingerprint density at radius 1 is 1.60 bits per heavy atom. The third-order valence-corrected chi connectivity index (χ3v) is 1.93. The van der Waals surface area contributed by atoms with Crippen molar-refractivity contribution in [2.45, 2.75) is 19.4 Å². The summed E-state index contributed by atoms with van der Waals surface area (Å²) in [6, 6.07) is 4.55. The van der Waals surface area contributed by atoms with Gasteiger partial charge in [-0.3, -0.25) is 0 Å². The lowest BCUT2D eigenvalue weighted by molar-refractivity contribution is 0.314. The van der Waals surface area contributed by atoms with Gasteiger partial charge in [0.2, 0.25) is 0 Å². The summed E-state index contributed by atoms with van der Waals surface area (Å²) in [4.78, 5) is 0. The number of nitrogens with one attached hydrogen (secondary N) is 1. The molecule has 54 valence electrons. The molecule has 1 fully saturated rings. The molecule has 0 unspecified atom stereocenters. The SMILES string of the molecule is Cc1ccc([C@@H]2CCN2)o1. The predicted molar refractivity (Wildman–Crippen MR) is 38.8 cm³/mol. The minimum atomic E-state index is 0.494. The first kappa shape index (κ1) is 5.98. The maximum Gasteiger partial charge on any atom is 0.121 e. The van der Waals surface area contributed by atoms with Gasteiger partial charge in [0.15, 0.2) is 0 Å². The Kier molecular flexibility index (Phi) is 1.27. The molecule has 0 radical (unpaired) electrons. The number of rotatable bonds is 1. The van der Waals surface area contributed by atoms with Gasteiger partial charge in [0.05, 0.1) is 6.04 Å². The minimum absolute atomic E-state index is 0.494. The largest absolute Gasteiger partial charge is 0.465 e. The zero-order chi connectivity index (χ0) is 6.97. The standard InChI is InChI=1S/C8H11NO/c1-6-2-3-8(10-6)7-4-5-9-7/h2-3,7,9H,4-5H2,1H3/t7-/m0/s1. The van der Waals surface area contributed by atoms with E-state index in [-0.39, 0.29) is 0 Å². The Hall–Kier alpha value is -0.760. The topological polar surface area (TPSA) is 25.2 Å². The van der Waals surface area contributed by atoms with E-state index in [1.54, 1.807) is 0 Å². The van der Waals surface area contributed by atoms with Crippen molar-refractivity contribution in [2.75, 3.05) is 6.54 Å². The van der Waals surface area contributed by atoms with E-state index in [2.05, 4.69) is 5.32 Å². The van der Waals surface area contributed by atoms with E-state index in [0.717, 1.165) is 18.1 Å². The van der Waals surface area contributed by atoms with E-state index < -0.39 is 0 Å². The fourth-order valence-corrected chi connectivity index (χ4v) is 1.17. The lowest BCUT2D eigenvalue weighted by Crippen LogP contribution is -2.34. The van der Waals surface area contributed by atoms with Crippen LogP contribution < -0.4 is 5.32 Å². The van der Waals surface area contributed by atoms with Crippen LogP contribution in [0.1, 0.15) is 24.0 Å². The maximum absolute atomic E-state index is 5.42. The molecule has 1 aliphatic heterocycles. The zero-order valence-corrected chi connectivity index (χ0v) is 6.05. The second-order valence-electron chi connectivity index (χ2n) is 2.74. The van der Waals surface area contributed by atoms with Gasteiger partial charge in [-0.25, -0.2) is 0 Å². The molecule has 0 bridgehead atoms. The summed E-state index contributed by atoms with van der Waals surface area (Å²) in [6.45, 7) is 3.10. The second kappa shape index (κ2) is 2.13. The van der Waals surface area contributed by atoms with E-state index in [9.17, 15) is 0 Å². The van der Waals surface area contributed by atoms with Crippen LogP contribution in [0.4, 0.5) is 0 Å². The Morgan fingerprint density at radius 2 is 2.40 bits per heavy atom. The van der Waals surface area contributed by atoms with Crippen molar-refractivity contribution in [3.63, 3.8) is 0 Å². The zero-order valence-electron chi connectivity index (χ0n) is 6.05. The van der Waals surface area contributed by atoms with Crippen molar-refractivity contribution < 1.29 is 4.42 Å². The monoisotopic (exact) mass is 137 g/mol. The fourth-order valence-electron chi connectivity index (χ4n) is 1.17. The number of hydrogen-bond donors (Lipinski definition) is 1. The Bertz CT molecular complexity index is 225. The van der Waals surface area contributed by atoms with Crippen molar-refractivity contribution >= 4 is 0 Å². The highest BCUT2D eigenvalue weighted by atomic mass is 16.3. The van der Waals surface area contributed by atoms with Gasteiger partial charge in [0.25, 0.3) is 0 Å². The number of aryl methyl sites for hydroxylation is 1. The molecule has 2 heteroatoms. The lowest BCUT2D eigenvalue weighted by atomic mass is 10.1. The van der Waals surface area contributed by atoms with Crippen molar-refractivity contribution in [3.05, 3.63) is 23.7 Å². The first-order valence-corrected chi connectivity index (χ1v) is 3.66. The van der Waals surface area contributed by atoms with Crippen LogP contribution in [-0.2, 0) is 0 Å². The molecule has 1 N–H and O–H groups in total. The molecule has 1 saturated heterocycles. The van der Waals surface area contributed by atoms with Gasteiger partial charge in [-0.15, -0.1) is 0 Å². The predicted octanol–water partition coefficient (Wildman–Crippen LogP) is 1.62. The molecular weight excluding hydrogens is 126 g/mol. The van der Waals surface area contributed by atoms with E-state index in [0.29, 0.717) is 6.04 Å². The minimum Gasteiger partial charge on any atom is -0.465 e. The van der Waals surface area contributed by atoms with Gasteiger partial charge < -0.3 is 9.73 Å². The summed E-state index contributed by atoms with van der Waals surface area (Å²) in [7, 11) is 0. The van der Waals surface area contributed by atoms with Crippen LogP contribution in [0, 0.1) is 6.92 Å². The number of furan rings is 1. The molecule has 0 amide bonds. The van der Waals surface area contributed by atoms with Crippen molar-refractivity contribution in [2.24, 2.45) is 0 Å². The van der Waals surface area contributed by atoms with Crippen LogP contribution in [-0.4, -0.2) is 6.54 Å². The summed E-state index contributed by atoms with van der Waals surface area (Å²) < 4.78 is 5.42. The average Bonchev–Trinajstić information content (AvgIpc) is 2.10. The Morgan fingerprint density at radius 3 is 2.80 bits per heavy atom. The smallest absolute Gasteiger partial charge is 0.121 e. The van der Waals surface area contributed by atoms with Gasteiger partial charge >= 0.3 is 0 Å². The molecule has 0 aromatic carbocycles. The summed E-state index contributed by atoms with van der Waals surface area (Å²) in [5.74, 6) is 2.09. The Balaban J connectivity index is 2.17. The third-order valence-electron chi connectivity index (χ3n) is 1.93. The summed E-state index contributed by atoms with van der Waals surface area (Å²) in [5.41, 5.74) is 0. The van der Waals surface area contributed by atoms with Crippen molar-refractivity contribution in [1.29, 1.82) is 0 Å². The van der Waals surface area contributed by atoms with E-state index >= 15 is 0 Å². The van der Waals surface area contributed by atoms with Gasteiger partial charge in [0.1, 0.15) is 11.5 Å². The number of hydrogen-bond acceptors (Lipinski definition) is 2. The molecule has 2 rings (SSSR count). The molecule has 10 heavy (non-hydrogen) atoms. The summed E-state index contributed by atoms with van der Waals surface area (Å²) >= 11 is 0. The van der Waals surface area contributed by atoms with Gasteiger partial charge in [-0.05, 0) is 32.0 Å².